The van der Waals surface area contributed by atoms with Crippen molar-refractivity contribution in [2.75, 3.05) is 6.54 Å². The number of benzene rings is 1. The Balaban J connectivity index is 1.56. The zero-order valence-corrected chi connectivity index (χ0v) is 11.6. The van der Waals surface area contributed by atoms with E-state index in [1.807, 2.05) is 6.07 Å². The minimum absolute atomic E-state index is 0.845. The highest BCUT2D eigenvalue weighted by atomic mass is 35.5. The molecule has 3 rings (SSSR count). The lowest BCUT2D eigenvalue weighted by atomic mass is 9.89. The van der Waals surface area contributed by atoms with Gasteiger partial charge in [0.1, 0.15) is 0 Å². The fourth-order valence-electron chi connectivity index (χ4n) is 3.22. The predicted molar refractivity (Wildman–Crippen MR) is 77.0 cm³/mol. The fourth-order valence-corrected chi connectivity index (χ4v) is 3.44. The molecule has 2 fully saturated rings. The van der Waals surface area contributed by atoms with Crippen LogP contribution in [0.15, 0.2) is 24.3 Å². The Hall–Kier alpha value is -0.530. The Morgan fingerprint density at radius 2 is 1.94 bits per heavy atom. The molecular weight excluding hydrogens is 242 g/mol. The van der Waals surface area contributed by atoms with E-state index in [1.54, 1.807) is 0 Å². The maximum absolute atomic E-state index is 6.07. The van der Waals surface area contributed by atoms with Crippen LogP contribution in [0.4, 0.5) is 0 Å². The van der Waals surface area contributed by atoms with Gasteiger partial charge in [0, 0.05) is 11.1 Å². The van der Waals surface area contributed by atoms with Crippen molar-refractivity contribution >= 4 is 11.6 Å². The maximum atomic E-state index is 6.07. The van der Waals surface area contributed by atoms with E-state index in [9.17, 15) is 0 Å². The van der Waals surface area contributed by atoms with E-state index in [0.29, 0.717) is 0 Å². The number of hydrogen-bond acceptors (Lipinski definition) is 1. The molecule has 1 aromatic rings. The topological polar surface area (TPSA) is 12.0 Å². The molecule has 1 aromatic carbocycles. The lowest BCUT2D eigenvalue weighted by molar-refractivity contribution is 0.364. The average Bonchev–Trinajstić information content (AvgIpc) is 3.08. The molecule has 0 saturated heterocycles. The number of nitrogens with one attached hydrogen (secondary N) is 1. The van der Waals surface area contributed by atoms with Crippen molar-refractivity contribution in [1.82, 2.24) is 5.32 Å². The monoisotopic (exact) mass is 263 g/mol. The highest BCUT2D eigenvalue weighted by Crippen LogP contribution is 2.34. The van der Waals surface area contributed by atoms with E-state index in [4.69, 9.17) is 11.6 Å². The number of halogens is 1. The molecule has 2 aliphatic rings. The summed E-state index contributed by atoms with van der Waals surface area (Å²) >= 11 is 6.07. The van der Waals surface area contributed by atoms with Crippen LogP contribution >= 0.6 is 11.6 Å². The summed E-state index contributed by atoms with van der Waals surface area (Å²) in [5.41, 5.74) is 1.41. The quantitative estimate of drug-likeness (QED) is 0.845. The fraction of sp³-hybridized carbons (Fsp3) is 0.625. The van der Waals surface area contributed by atoms with Gasteiger partial charge in [-0.25, -0.2) is 0 Å². The second kappa shape index (κ2) is 5.63. The van der Waals surface area contributed by atoms with Crippen LogP contribution in [0, 0.1) is 11.8 Å². The van der Waals surface area contributed by atoms with Gasteiger partial charge in [0.2, 0.25) is 0 Å². The summed E-state index contributed by atoms with van der Waals surface area (Å²) in [6.07, 6.45) is 8.20. The SMILES string of the molecule is Clc1cccc(CC2CCCC2CNC2CC2)c1. The van der Waals surface area contributed by atoms with Crippen LogP contribution in [0.1, 0.15) is 37.7 Å². The van der Waals surface area contributed by atoms with E-state index >= 15 is 0 Å². The van der Waals surface area contributed by atoms with Gasteiger partial charge in [0.15, 0.2) is 0 Å². The molecule has 1 N–H and O–H groups in total. The molecule has 18 heavy (non-hydrogen) atoms. The van der Waals surface area contributed by atoms with E-state index in [1.165, 1.54) is 50.6 Å². The van der Waals surface area contributed by atoms with Crippen LogP contribution in [-0.2, 0) is 6.42 Å². The van der Waals surface area contributed by atoms with Gasteiger partial charge >= 0.3 is 0 Å². The summed E-state index contributed by atoms with van der Waals surface area (Å²) in [4.78, 5) is 0. The highest BCUT2D eigenvalue weighted by Gasteiger charge is 2.29. The molecule has 0 radical (unpaired) electrons. The first kappa shape index (κ1) is 12.5. The van der Waals surface area contributed by atoms with Gasteiger partial charge in [0.05, 0.1) is 0 Å². The molecule has 0 aromatic heterocycles. The van der Waals surface area contributed by atoms with E-state index < -0.39 is 0 Å². The first-order chi connectivity index (χ1) is 8.81. The Kier molecular flexibility index (Phi) is 3.91. The summed E-state index contributed by atoms with van der Waals surface area (Å²) in [6, 6.07) is 9.23. The molecule has 2 unspecified atom stereocenters. The van der Waals surface area contributed by atoms with E-state index in [0.717, 1.165) is 22.9 Å². The Labute approximate surface area is 115 Å². The lowest BCUT2D eigenvalue weighted by Gasteiger charge is -2.20. The van der Waals surface area contributed by atoms with Gasteiger partial charge in [-0.2, -0.15) is 0 Å². The number of hydrogen-bond donors (Lipinski definition) is 1. The van der Waals surface area contributed by atoms with Gasteiger partial charge in [0.25, 0.3) is 0 Å². The first-order valence-corrected chi connectivity index (χ1v) is 7.67. The summed E-state index contributed by atoms with van der Waals surface area (Å²) in [5, 5.41) is 4.57. The summed E-state index contributed by atoms with van der Waals surface area (Å²) < 4.78 is 0. The largest absolute Gasteiger partial charge is 0.314 e. The third-order valence-corrected chi connectivity index (χ3v) is 4.68. The molecule has 0 amide bonds. The van der Waals surface area contributed by atoms with Crippen LogP contribution in [0.25, 0.3) is 0 Å². The van der Waals surface area contributed by atoms with Crippen molar-refractivity contribution in [2.24, 2.45) is 11.8 Å². The van der Waals surface area contributed by atoms with Crippen LogP contribution in [0.3, 0.4) is 0 Å². The smallest absolute Gasteiger partial charge is 0.0408 e. The van der Waals surface area contributed by atoms with Crippen molar-refractivity contribution in [2.45, 2.75) is 44.6 Å². The summed E-state index contributed by atoms with van der Waals surface area (Å²) in [5.74, 6) is 1.74. The van der Waals surface area contributed by atoms with E-state index in [2.05, 4.69) is 23.5 Å². The molecule has 98 valence electrons. The molecule has 0 aliphatic heterocycles. The first-order valence-electron chi connectivity index (χ1n) is 7.29. The molecular formula is C16H22ClN. The maximum Gasteiger partial charge on any atom is 0.0408 e. The van der Waals surface area contributed by atoms with Gasteiger partial charge in [-0.15, -0.1) is 0 Å². The standard InChI is InChI=1S/C16H22ClN/c17-15-6-1-3-12(10-15)9-13-4-2-5-14(13)11-18-16-7-8-16/h1,3,6,10,13-14,16,18H,2,4-5,7-9,11H2. The molecule has 0 bridgehead atoms. The molecule has 2 aliphatic carbocycles. The normalized spacial score (nSPS) is 27.6. The van der Waals surface area contributed by atoms with Crippen molar-refractivity contribution in [3.63, 3.8) is 0 Å². The highest BCUT2D eigenvalue weighted by molar-refractivity contribution is 6.30. The van der Waals surface area contributed by atoms with Gasteiger partial charge < -0.3 is 5.32 Å². The zero-order valence-electron chi connectivity index (χ0n) is 10.9. The average molecular weight is 264 g/mol. The summed E-state index contributed by atoms with van der Waals surface area (Å²) in [6.45, 7) is 1.23. The summed E-state index contributed by atoms with van der Waals surface area (Å²) in [7, 11) is 0. The Morgan fingerprint density at radius 1 is 1.11 bits per heavy atom. The third kappa shape index (κ3) is 3.27. The second-order valence-corrected chi connectivity index (χ2v) is 6.40. The molecule has 2 saturated carbocycles. The number of rotatable bonds is 5. The van der Waals surface area contributed by atoms with E-state index in [-0.39, 0.29) is 0 Å². The van der Waals surface area contributed by atoms with Crippen LogP contribution in [0.5, 0.6) is 0 Å². The molecule has 2 atom stereocenters. The van der Waals surface area contributed by atoms with Crippen molar-refractivity contribution in [1.29, 1.82) is 0 Å². The minimum Gasteiger partial charge on any atom is -0.314 e. The van der Waals surface area contributed by atoms with Crippen LogP contribution in [0.2, 0.25) is 5.02 Å². The van der Waals surface area contributed by atoms with Crippen LogP contribution < -0.4 is 5.32 Å². The predicted octanol–water partition coefficient (Wildman–Crippen LogP) is 4.05. The molecule has 2 heteroatoms. The Morgan fingerprint density at radius 3 is 2.72 bits per heavy atom. The third-order valence-electron chi connectivity index (χ3n) is 4.45. The Bertz CT molecular complexity index is 400. The van der Waals surface area contributed by atoms with Crippen molar-refractivity contribution in [3.05, 3.63) is 34.9 Å². The van der Waals surface area contributed by atoms with Gasteiger partial charge in [-0.1, -0.05) is 30.2 Å². The lowest BCUT2D eigenvalue weighted by Crippen LogP contribution is -2.27. The molecule has 1 nitrogen and oxygen atoms in total. The zero-order chi connectivity index (χ0) is 12.4. The van der Waals surface area contributed by atoms with Crippen LogP contribution in [-0.4, -0.2) is 12.6 Å². The van der Waals surface area contributed by atoms with Crippen molar-refractivity contribution < 1.29 is 0 Å². The molecule has 0 spiro atoms. The second-order valence-electron chi connectivity index (χ2n) is 5.97. The van der Waals surface area contributed by atoms with Gasteiger partial charge in [-0.05, 0) is 68.2 Å². The van der Waals surface area contributed by atoms with Crippen molar-refractivity contribution in [3.8, 4) is 0 Å². The van der Waals surface area contributed by atoms with Gasteiger partial charge in [-0.3, -0.25) is 0 Å². The minimum atomic E-state index is 0.845. The molecule has 0 heterocycles.